The van der Waals surface area contributed by atoms with Crippen LogP contribution in [0.4, 0.5) is 4.79 Å². The molecule has 0 aliphatic heterocycles. The lowest BCUT2D eigenvalue weighted by Crippen LogP contribution is -2.26. The second-order valence-electron chi connectivity index (χ2n) is 2.87. The quantitative estimate of drug-likeness (QED) is 0.841. The summed E-state index contributed by atoms with van der Waals surface area (Å²) >= 11 is 0. The van der Waals surface area contributed by atoms with Crippen molar-refractivity contribution in [3.63, 3.8) is 0 Å². The minimum Gasteiger partial charge on any atom is -0.492 e. The summed E-state index contributed by atoms with van der Waals surface area (Å²) in [5, 5.41) is 11.3. The summed E-state index contributed by atoms with van der Waals surface area (Å²) in [6.45, 7) is 2.25. The highest BCUT2D eigenvalue weighted by molar-refractivity contribution is 5.72. The van der Waals surface area contributed by atoms with Crippen LogP contribution in [0.15, 0.2) is 18.2 Å². The van der Waals surface area contributed by atoms with E-state index in [2.05, 4.69) is 5.32 Å². The molecule has 0 radical (unpaired) electrons. The molecule has 0 spiro atoms. The van der Waals surface area contributed by atoms with Crippen molar-refractivity contribution in [2.45, 2.75) is 6.92 Å². The van der Waals surface area contributed by atoms with Crippen molar-refractivity contribution in [1.29, 1.82) is 5.26 Å². The van der Waals surface area contributed by atoms with E-state index in [1.807, 2.05) is 6.07 Å². The standard InChI is InChI=1S/C11H12N2O3/c1-3-13-11(14)16-9-6-4-5-8(7-12)10(9)15-2/h4-6H,3H2,1-2H3,(H,13,14). The van der Waals surface area contributed by atoms with E-state index in [9.17, 15) is 4.79 Å². The van der Waals surface area contributed by atoms with Crippen molar-refractivity contribution >= 4 is 6.09 Å². The van der Waals surface area contributed by atoms with Crippen LogP contribution in [0.3, 0.4) is 0 Å². The fraction of sp³-hybridized carbons (Fsp3) is 0.273. The van der Waals surface area contributed by atoms with Crippen molar-refractivity contribution in [2.24, 2.45) is 0 Å². The molecule has 1 rings (SSSR count). The summed E-state index contributed by atoms with van der Waals surface area (Å²) in [5.41, 5.74) is 0.323. The molecule has 0 aliphatic rings. The maximum absolute atomic E-state index is 11.2. The van der Waals surface area contributed by atoms with E-state index in [4.69, 9.17) is 14.7 Å². The second-order valence-corrected chi connectivity index (χ2v) is 2.87. The number of ether oxygens (including phenoxy) is 2. The lowest BCUT2D eigenvalue weighted by molar-refractivity contribution is 0.199. The van der Waals surface area contributed by atoms with Gasteiger partial charge in [-0.3, -0.25) is 0 Å². The van der Waals surface area contributed by atoms with E-state index in [-0.39, 0.29) is 11.5 Å². The van der Waals surface area contributed by atoms with Crippen LogP contribution in [0.5, 0.6) is 11.5 Å². The molecule has 1 amide bonds. The van der Waals surface area contributed by atoms with Crippen molar-refractivity contribution in [1.82, 2.24) is 5.32 Å². The molecule has 5 nitrogen and oxygen atoms in total. The Hall–Kier alpha value is -2.22. The zero-order valence-corrected chi connectivity index (χ0v) is 9.11. The Morgan fingerprint density at radius 2 is 2.31 bits per heavy atom. The SMILES string of the molecule is CCNC(=O)Oc1cccc(C#N)c1OC. The molecule has 0 saturated heterocycles. The molecule has 0 unspecified atom stereocenters. The van der Waals surface area contributed by atoms with Gasteiger partial charge in [-0.25, -0.2) is 4.79 Å². The van der Waals surface area contributed by atoms with E-state index in [1.165, 1.54) is 7.11 Å². The lowest BCUT2D eigenvalue weighted by atomic mass is 10.2. The molecule has 1 aromatic carbocycles. The molecule has 0 heterocycles. The third kappa shape index (κ3) is 2.64. The first-order valence-electron chi connectivity index (χ1n) is 4.75. The average Bonchev–Trinajstić information content (AvgIpc) is 2.29. The van der Waals surface area contributed by atoms with Crippen molar-refractivity contribution in [2.75, 3.05) is 13.7 Å². The van der Waals surface area contributed by atoms with Gasteiger partial charge in [0.15, 0.2) is 11.5 Å². The van der Waals surface area contributed by atoms with Gasteiger partial charge < -0.3 is 14.8 Å². The third-order valence-corrected chi connectivity index (χ3v) is 1.83. The summed E-state index contributed by atoms with van der Waals surface area (Å²) in [5.74, 6) is 0.490. The predicted molar refractivity (Wildman–Crippen MR) is 57.4 cm³/mol. The Labute approximate surface area is 93.6 Å². The Bertz CT molecular complexity index is 424. The monoisotopic (exact) mass is 220 g/mol. The summed E-state index contributed by atoms with van der Waals surface area (Å²) in [6.07, 6.45) is -0.573. The van der Waals surface area contributed by atoms with Crippen LogP contribution in [-0.2, 0) is 0 Å². The maximum atomic E-state index is 11.2. The Kier molecular flexibility index (Phi) is 4.16. The van der Waals surface area contributed by atoms with Gasteiger partial charge >= 0.3 is 6.09 Å². The highest BCUT2D eigenvalue weighted by Gasteiger charge is 2.12. The van der Waals surface area contributed by atoms with E-state index in [0.717, 1.165) is 0 Å². The minimum atomic E-state index is -0.573. The smallest absolute Gasteiger partial charge is 0.412 e. The fourth-order valence-electron chi connectivity index (χ4n) is 1.18. The number of amides is 1. The summed E-state index contributed by atoms with van der Waals surface area (Å²) in [6, 6.07) is 6.73. The molecule has 0 bridgehead atoms. The first-order chi connectivity index (χ1) is 7.72. The van der Waals surface area contributed by atoms with Gasteiger partial charge in [-0.15, -0.1) is 0 Å². The number of hydrogen-bond acceptors (Lipinski definition) is 4. The van der Waals surface area contributed by atoms with Gasteiger partial charge in [0, 0.05) is 6.54 Å². The lowest BCUT2D eigenvalue weighted by Gasteiger charge is -2.10. The van der Waals surface area contributed by atoms with Gasteiger partial charge in [0.1, 0.15) is 6.07 Å². The fourth-order valence-corrected chi connectivity index (χ4v) is 1.18. The van der Waals surface area contributed by atoms with Crippen molar-refractivity contribution in [3.05, 3.63) is 23.8 Å². The van der Waals surface area contributed by atoms with Crippen LogP contribution in [-0.4, -0.2) is 19.7 Å². The number of carbonyl (C=O) groups excluding carboxylic acids is 1. The Morgan fingerprint density at radius 1 is 1.56 bits per heavy atom. The molecule has 1 N–H and O–H groups in total. The normalized spacial score (nSPS) is 9.06. The van der Waals surface area contributed by atoms with Crippen LogP contribution in [0.1, 0.15) is 12.5 Å². The number of rotatable bonds is 3. The van der Waals surface area contributed by atoms with Gasteiger partial charge in [0.2, 0.25) is 0 Å². The molecule has 5 heteroatoms. The Balaban J connectivity index is 2.96. The maximum Gasteiger partial charge on any atom is 0.412 e. The van der Waals surface area contributed by atoms with Crippen LogP contribution < -0.4 is 14.8 Å². The van der Waals surface area contributed by atoms with E-state index in [1.54, 1.807) is 25.1 Å². The molecule has 0 fully saturated rings. The van der Waals surface area contributed by atoms with Gasteiger partial charge in [0.25, 0.3) is 0 Å². The molecule has 1 aromatic rings. The second kappa shape index (κ2) is 5.61. The Morgan fingerprint density at radius 3 is 2.88 bits per heavy atom. The number of nitrogens with zero attached hydrogens (tertiary/aromatic N) is 1. The molecule has 16 heavy (non-hydrogen) atoms. The predicted octanol–water partition coefficient (Wildman–Crippen LogP) is 1.68. The minimum absolute atomic E-state index is 0.229. The van der Waals surface area contributed by atoms with Crippen LogP contribution >= 0.6 is 0 Å². The van der Waals surface area contributed by atoms with Gasteiger partial charge in [0.05, 0.1) is 12.7 Å². The molecule has 0 aromatic heterocycles. The number of hydrogen-bond donors (Lipinski definition) is 1. The van der Waals surface area contributed by atoms with E-state index >= 15 is 0 Å². The molecule has 84 valence electrons. The number of benzene rings is 1. The summed E-state index contributed by atoms with van der Waals surface area (Å²) < 4.78 is 10.0. The van der Waals surface area contributed by atoms with E-state index < -0.39 is 6.09 Å². The van der Waals surface area contributed by atoms with Crippen molar-refractivity contribution in [3.8, 4) is 17.6 Å². The summed E-state index contributed by atoms with van der Waals surface area (Å²) in [4.78, 5) is 11.2. The highest BCUT2D eigenvalue weighted by atomic mass is 16.6. The molecule has 0 aliphatic carbocycles. The molecule has 0 saturated carbocycles. The first kappa shape index (κ1) is 11.9. The van der Waals surface area contributed by atoms with Gasteiger partial charge in [-0.05, 0) is 19.1 Å². The average molecular weight is 220 g/mol. The number of para-hydroxylation sites is 1. The topological polar surface area (TPSA) is 71.3 Å². The largest absolute Gasteiger partial charge is 0.492 e. The number of nitriles is 1. The third-order valence-electron chi connectivity index (χ3n) is 1.83. The molecule has 0 atom stereocenters. The van der Waals surface area contributed by atoms with Gasteiger partial charge in [-0.2, -0.15) is 5.26 Å². The van der Waals surface area contributed by atoms with Crippen molar-refractivity contribution < 1.29 is 14.3 Å². The molecular formula is C11H12N2O3. The number of carbonyl (C=O) groups is 1. The number of nitrogens with one attached hydrogen (secondary N) is 1. The van der Waals surface area contributed by atoms with Crippen LogP contribution in [0.2, 0.25) is 0 Å². The highest BCUT2D eigenvalue weighted by Crippen LogP contribution is 2.30. The van der Waals surface area contributed by atoms with Crippen LogP contribution in [0.25, 0.3) is 0 Å². The van der Waals surface area contributed by atoms with E-state index in [0.29, 0.717) is 12.1 Å². The zero-order valence-electron chi connectivity index (χ0n) is 9.11. The first-order valence-corrected chi connectivity index (χ1v) is 4.75. The van der Waals surface area contributed by atoms with Gasteiger partial charge in [-0.1, -0.05) is 6.07 Å². The summed E-state index contributed by atoms with van der Waals surface area (Å²) in [7, 11) is 1.42. The van der Waals surface area contributed by atoms with Crippen LogP contribution in [0, 0.1) is 11.3 Å². The zero-order chi connectivity index (χ0) is 12.0. The molecular weight excluding hydrogens is 208 g/mol. The number of methoxy groups -OCH3 is 1.